The number of nitro groups is 1. The Morgan fingerprint density at radius 1 is 1.33 bits per heavy atom. The lowest BCUT2D eigenvalue weighted by atomic mass is 9.95. The normalized spacial score (nSPS) is 24.9. The average Bonchev–Trinajstić information content (AvgIpc) is 3.31. The van der Waals surface area contributed by atoms with E-state index in [1.807, 2.05) is 0 Å². The molecule has 1 aromatic heterocycles. The fourth-order valence-electron chi connectivity index (χ4n) is 3.46. The van der Waals surface area contributed by atoms with E-state index in [2.05, 4.69) is 15.6 Å². The van der Waals surface area contributed by atoms with Crippen molar-refractivity contribution in [2.45, 2.75) is 37.4 Å². The molecule has 124 valence electrons. The molecule has 2 fully saturated rings. The standard InChI is InChI=1S/C16H16N4O3S/c21-15(19-13-7-10-3-6-12(13)18-10)14-8-17-16(24-14)9-1-4-11(5-2-9)20(22)23/h1-2,4-5,8,10,12-13,18H,3,6-7H2,(H,19,21)/t10-,12+,13-/m1/s1. The SMILES string of the molecule is O=C(N[C@@H]1C[C@H]2CC[C@@H]1N2)c1cnc(-c2ccc([N+](=O)[O-])cc2)s1. The Morgan fingerprint density at radius 3 is 2.75 bits per heavy atom. The molecule has 0 radical (unpaired) electrons. The lowest BCUT2D eigenvalue weighted by Crippen LogP contribution is -2.42. The Balaban J connectivity index is 1.46. The molecule has 0 saturated carbocycles. The predicted octanol–water partition coefficient (Wildman–Crippen LogP) is 2.34. The zero-order valence-corrected chi connectivity index (χ0v) is 13.6. The van der Waals surface area contributed by atoms with E-state index in [0.29, 0.717) is 22.0 Å². The molecule has 3 atom stereocenters. The summed E-state index contributed by atoms with van der Waals surface area (Å²) in [6.45, 7) is 0. The number of amides is 1. The first-order valence-corrected chi connectivity index (χ1v) is 8.69. The first kappa shape index (κ1) is 15.2. The second-order valence-electron chi connectivity index (χ2n) is 6.20. The van der Waals surface area contributed by atoms with E-state index in [4.69, 9.17) is 0 Å². The Hall–Kier alpha value is -2.32. The Bertz CT molecular complexity index is 789. The summed E-state index contributed by atoms with van der Waals surface area (Å²) < 4.78 is 0. The van der Waals surface area contributed by atoms with Gasteiger partial charge >= 0.3 is 0 Å². The van der Waals surface area contributed by atoms with Crippen LogP contribution >= 0.6 is 11.3 Å². The molecule has 2 saturated heterocycles. The van der Waals surface area contributed by atoms with E-state index in [0.717, 1.165) is 18.4 Å². The number of benzene rings is 1. The van der Waals surface area contributed by atoms with Crippen LogP contribution < -0.4 is 10.6 Å². The van der Waals surface area contributed by atoms with Crippen LogP contribution in [0, 0.1) is 10.1 Å². The minimum Gasteiger partial charge on any atom is -0.347 e. The summed E-state index contributed by atoms with van der Waals surface area (Å²) in [5, 5.41) is 18.0. The molecule has 7 nitrogen and oxygen atoms in total. The van der Waals surface area contributed by atoms with Gasteiger partial charge in [-0.25, -0.2) is 4.98 Å². The Kier molecular flexibility index (Phi) is 3.78. The van der Waals surface area contributed by atoms with E-state index < -0.39 is 4.92 Å². The van der Waals surface area contributed by atoms with Gasteiger partial charge in [0.25, 0.3) is 11.6 Å². The maximum atomic E-state index is 12.4. The maximum Gasteiger partial charge on any atom is 0.269 e. The van der Waals surface area contributed by atoms with Gasteiger partial charge in [-0.15, -0.1) is 11.3 Å². The highest BCUT2D eigenvalue weighted by Crippen LogP contribution is 2.30. The molecule has 3 heterocycles. The fraction of sp³-hybridized carbons (Fsp3) is 0.375. The van der Waals surface area contributed by atoms with E-state index in [-0.39, 0.29) is 17.6 Å². The van der Waals surface area contributed by atoms with Gasteiger partial charge in [-0.2, -0.15) is 0 Å². The highest BCUT2D eigenvalue weighted by Gasteiger charge is 2.39. The number of hydrogen-bond donors (Lipinski definition) is 2. The van der Waals surface area contributed by atoms with Crippen LogP contribution in [0.15, 0.2) is 30.5 Å². The number of carbonyl (C=O) groups excluding carboxylic acids is 1. The molecule has 2 aromatic rings. The molecular weight excluding hydrogens is 328 g/mol. The van der Waals surface area contributed by atoms with Crippen LogP contribution in [0.2, 0.25) is 0 Å². The third-order valence-electron chi connectivity index (χ3n) is 4.67. The van der Waals surface area contributed by atoms with Crippen LogP contribution in [-0.4, -0.2) is 33.9 Å². The lowest BCUT2D eigenvalue weighted by Gasteiger charge is -2.20. The van der Waals surface area contributed by atoms with Crippen LogP contribution in [0.5, 0.6) is 0 Å². The van der Waals surface area contributed by atoms with Gasteiger partial charge in [-0.3, -0.25) is 14.9 Å². The quantitative estimate of drug-likeness (QED) is 0.655. The van der Waals surface area contributed by atoms with E-state index in [1.54, 1.807) is 18.3 Å². The molecule has 1 amide bonds. The zero-order valence-electron chi connectivity index (χ0n) is 12.8. The third-order valence-corrected chi connectivity index (χ3v) is 5.72. The molecule has 1 aromatic carbocycles. The van der Waals surface area contributed by atoms with Crippen molar-refractivity contribution in [3.8, 4) is 10.6 Å². The zero-order chi connectivity index (χ0) is 16.7. The van der Waals surface area contributed by atoms with Crippen LogP contribution in [0.4, 0.5) is 5.69 Å². The number of nitrogens with zero attached hydrogens (tertiary/aromatic N) is 2. The number of hydrogen-bond acceptors (Lipinski definition) is 6. The molecule has 0 unspecified atom stereocenters. The van der Waals surface area contributed by atoms with Gasteiger partial charge in [0.05, 0.1) is 11.1 Å². The van der Waals surface area contributed by atoms with Gasteiger partial charge in [0.1, 0.15) is 9.88 Å². The van der Waals surface area contributed by atoms with Crippen molar-refractivity contribution in [2.24, 2.45) is 0 Å². The molecule has 2 aliphatic rings. The second-order valence-corrected chi connectivity index (χ2v) is 7.23. The third kappa shape index (κ3) is 2.78. The van der Waals surface area contributed by atoms with E-state index in [1.165, 1.54) is 29.9 Å². The number of carbonyl (C=O) groups is 1. The van der Waals surface area contributed by atoms with Crippen molar-refractivity contribution in [3.63, 3.8) is 0 Å². The summed E-state index contributed by atoms with van der Waals surface area (Å²) >= 11 is 1.30. The number of non-ortho nitro benzene ring substituents is 1. The van der Waals surface area contributed by atoms with Gasteiger partial charge in [0.2, 0.25) is 0 Å². The van der Waals surface area contributed by atoms with Gasteiger partial charge in [0, 0.05) is 35.8 Å². The van der Waals surface area contributed by atoms with Crippen LogP contribution in [0.1, 0.15) is 28.9 Å². The fourth-order valence-corrected chi connectivity index (χ4v) is 4.29. The Labute approximate surface area is 142 Å². The molecule has 8 heteroatoms. The van der Waals surface area contributed by atoms with Crippen LogP contribution in [0.25, 0.3) is 10.6 Å². The van der Waals surface area contributed by atoms with Crippen molar-refractivity contribution >= 4 is 22.9 Å². The number of aromatic nitrogens is 1. The van der Waals surface area contributed by atoms with E-state index >= 15 is 0 Å². The van der Waals surface area contributed by atoms with Crippen molar-refractivity contribution < 1.29 is 9.72 Å². The highest BCUT2D eigenvalue weighted by atomic mass is 32.1. The Morgan fingerprint density at radius 2 is 2.12 bits per heavy atom. The van der Waals surface area contributed by atoms with Gasteiger partial charge in [-0.1, -0.05) is 0 Å². The van der Waals surface area contributed by atoms with Crippen molar-refractivity contribution in [1.82, 2.24) is 15.6 Å². The number of nitrogens with one attached hydrogen (secondary N) is 2. The van der Waals surface area contributed by atoms with Gasteiger partial charge < -0.3 is 10.6 Å². The van der Waals surface area contributed by atoms with Crippen molar-refractivity contribution in [3.05, 3.63) is 45.5 Å². The van der Waals surface area contributed by atoms with Crippen LogP contribution in [-0.2, 0) is 0 Å². The van der Waals surface area contributed by atoms with Crippen molar-refractivity contribution in [2.75, 3.05) is 0 Å². The maximum absolute atomic E-state index is 12.4. The monoisotopic (exact) mass is 344 g/mol. The van der Waals surface area contributed by atoms with Gasteiger partial charge in [0.15, 0.2) is 0 Å². The summed E-state index contributed by atoms with van der Waals surface area (Å²) in [6, 6.07) is 7.31. The molecule has 0 spiro atoms. The topological polar surface area (TPSA) is 97.2 Å². The summed E-state index contributed by atoms with van der Waals surface area (Å²) in [7, 11) is 0. The smallest absolute Gasteiger partial charge is 0.269 e. The van der Waals surface area contributed by atoms with Gasteiger partial charge in [-0.05, 0) is 31.4 Å². The first-order valence-electron chi connectivity index (χ1n) is 7.88. The number of fused-ring (bicyclic) bond motifs is 2. The molecule has 2 N–H and O–H groups in total. The summed E-state index contributed by atoms with van der Waals surface area (Å²) in [5.41, 5.74) is 0.809. The molecular formula is C16H16N4O3S. The summed E-state index contributed by atoms with van der Waals surface area (Å²) in [5.74, 6) is -0.0972. The summed E-state index contributed by atoms with van der Waals surface area (Å²) in [6.07, 6.45) is 4.87. The van der Waals surface area contributed by atoms with Crippen LogP contribution in [0.3, 0.4) is 0 Å². The number of nitro benzene ring substituents is 1. The molecule has 2 bridgehead atoms. The molecule has 0 aliphatic carbocycles. The number of rotatable bonds is 4. The molecule has 4 rings (SSSR count). The average molecular weight is 344 g/mol. The minimum atomic E-state index is -0.437. The van der Waals surface area contributed by atoms with Crippen molar-refractivity contribution in [1.29, 1.82) is 0 Å². The van der Waals surface area contributed by atoms with E-state index in [9.17, 15) is 14.9 Å². The first-order chi connectivity index (χ1) is 11.6. The highest BCUT2D eigenvalue weighted by molar-refractivity contribution is 7.16. The minimum absolute atomic E-state index is 0.0389. The predicted molar refractivity (Wildman–Crippen MR) is 90.0 cm³/mol. The molecule has 2 aliphatic heterocycles. The summed E-state index contributed by atoms with van der Waals surface area (Å²) in [4.78, 5) is 27.5. The number of thiazole rings is 1. The second kappa shape index (κ2) is 5.95. The molecule has 24 heavy (non-hydrogen) atoms. The lowest BCUT2D eigenvalue weighted by molar-refractivity contribution is -0.384. The largest absolute Gasteiger partial charge is 0.347 e.